The maximum Gasteiger partial charge on any atom is 0.274 e. The molecule has 1 aromatic rings. The third kappa shape index (κ3) is 2.67. The van der Waals surface area contributed by atoms with Crippen molar-refractivity contribution in [1.29, 1.82) is 0 Å². The Bertz CT molecular complexity index is 422. The highest BCUT2D eigenvalue weighted by atomic mass is 16.2. The summed E-state index contributed by atoms with van der Waals surface area (Å²) >= 11 is 0. The van der Waals surface area contributed by atoms with Gasteiger partial charge < -0.3 is 10.6 Å². The zero-order valence-corrected chi connectivity index (χ0v) is 10.7. The number of rotatable bonds is 5. The van der Waals surface area contributed by atoms with Gasteiger partial charge >= 0.3 is 0 Å². The number of carbonyl (C=O) groups excluding carboxylic acids is 1. The van der Waals surface area contributed by atoms with Gasteiger partial charge in [-0.3, -0.25) is 9.48 Å². The van der Waals surface area contributed by atoms with Crippen LogP contribution in [0.3, 0.4) is 0 Å². The Kier molecular flexibility index (Phi) is 4.31. The highest BCUT2D eigenvalue weighted by molar-refractivity contribution is 5.97. The number of anilines is 1. The van der Waals surface area contributed by atoms with Gasteiger partial charge in [-0.2, -0.15) is 5.10 Å². The second-order valence-corrected chi connectivity index (χ2v) is 3.99. The van der Waals surface area contributed by atoms with E-state index in [1.54, 1.807) is 29.8 Å². The van der Waals surface area contributed by atoms with E-state index in [1.165, 1.54) is 0 Å². The van der Waals surface area contributed by atoms with E-state index < -0.39 is 0 Å². The summed E-state index contributed by atoms with van der Waals surface area (Å²) in [6.07, 6.45) is 3.28. The summed E-state index contributed by atoms with van der Waals surface area (Å²) in [5, 5.41) is 4.24. The molecule has 0 saturated heterocycles. The number of nitrogen functional groups attached to an aromatic ring is 1. The SMILES string of the molecule is C=CCCN(C)C(=O)c1c(N)c(CC)nn1C. The number of aromatic nitrogens is 2. The number of hydrogen-bond donors (Lipinski definition) is 1. The maximum atomic E-state index is 12.2. The van der Waals surface area contributed by atoms with E-state index in [-0.39, 0.29) is 5.91 Å². The lowest BCUT2D eigenvalue weighted by molar-refractivity contribution is 0.0787. The van der Waals surface area contributed by atoms with Crippen molar-refractivity contribution in [3.63, 3.8) is 0 Å². The molecule has 1 heterocycles. The number of carbonyl (C=O) groups is 1. The molecular weight excluding hydrogens is 216 g/mol. The van der Waals surface area contributed by atoms with Crippen molar-refractivity contribution in [1.82, 2.24) is 14.7 Å². The highest BCUT2D eigenvalue weighted by Crippen LogP contribution is 2.18. The molecule has 1 aromatic heterocycles. The molecular formula is C12H20N4O. The fourth-order valence-electron chi connectivity index (χ4n) is 1.68. The van der Waals surface area contributed by atoms with Crippen molar-refractivity contribution in [2.75, 3.05) is 19.3 Å². The summed E-state index contributed by atoms with van der Waals surface area (Å²) in [4.78, 5) is 13.8. The molecule has 0 radical (unpaired) electrons. The normalized spacial score (nSPS) is 10.3. The Morgan fingerprint density at radius 2 is 2.29 bits per heavy atom. The summed E-state index contributed by atoms with van der Waals surface area (Å²) in [7, 11) is 3.49. The minimum absolute atomic E-state index is 0.0981. The van der Waals surface area contributed by atoms with E-state index in [0.29, 0.717) is 17.9 Å². The molecule has 1 amide bonds. The van der Waals surface area contributed by atoms with Crippen LogP contribution in [0.1, 0.15) is 29.5 Å². The van der Waals surface area contributed by atoms with Crippen molar-refractivity contribution >= 4 is 11.6 Å². The molecule has 17 heavy (non-hydrogen) atoms. The zero-order valence-electron chi connectivity index (χ0n) is 10.7. The first kappa shape index (κ1) is 13.3. The van der Waals surface area contributed by atoms with Gasteiger partial charge in [-0.15, -0.1) is 6.58 Å². The van der Waals surface area contributed by atoms with Gasteiger partial charge in [-0.25, -0.2) is 0 Å². The van der Waals surface area contributed by atoms with Crippen LogP contribution < -0.4 is 5.73 Å². The lowest BCUT2D eigenvalue weighted by Gasteiger charge is -2.16. The van der Waals surface area contributed by atoms with Crippen molar-refractivity contribution in [2.45, 2.75) is 19.8 Å². The average molecular weight is 236 g/mol. The van der Waals surface area contributed by atoms with E-state index in [9.17, 15) is 4.79 Å². The van der Waals surface area contributed by atoms with Crippen LogP contribution >= 0.6 is 0 Å². The van der Waals surface area contributed by atoms with Crippen molar-refractivity contribution in [3.05, 3.63) is 24.0 Å². The van der Waals surface area contributed by atoms with Crippen LogP contribution in [0.2, 0.25) is 0 Å². The van der Waals surface area contributed by atoms with Crippen LogP contribution in [0.4, 0.5) is 5.69 Å². The summed E-state index contributed by atoms with van der Waals surface area (Å²) in [6, 6.07) is 0. The first-order valence-corrected chi connectivity index (χ1v) is 5.70. The molecule has 0 aliphatic rings. The number of nitrogens with zero attached hydrogens (tertiary/aromatic N) is 3. The van der Waals surface area contributed by atoms with E-state index >= 15 is 0 Å². The van der Waals surface area contributed by atoms with Crippen LogP contribution in [0.5, 0.6) is 0 Å². The second kappa shape index (κ2) is 5.52. The van der Waals surface area contributed by atoms with E-state index in [4.69, 9.17) is 5.73 Å². The van der Waals surface area contributed by atoms with Crippen molar-refractivity contribution in [2.24, 2.45) is 7.05 Å². The Labute approximate surface area is 102 Å². The topological polar surface area (TPSA) is 64.2 Å². The second-order valence-electron chi connectivity index (χ2n) is 3.99. The first-order chi connectivity index (χ1) is 8.02. The fourth-order valence-corrected chi connectivity index (χ4v) is 1.68. The first-order valence-electron chi connectivity index (χ1n) is 5.70. The Balaban J connectivity index is 2.95. The standard InChI is InChI=1S/C12H20N4O/c1-5-7-8-15(3)12(17)11-10(13)9(6-2)14-16(11)4/h5H,1,6-8,13H2,2-4H3. The molecule has 94 valence electrons. The molecule has 5 nitrogen and oxygen atoms in total. The van der Waals surface area contributed by atoms with Crippen LogP contribution in [-0.2, 0) is 13.5 Å². The summed E-state index contributed by atoms with van der Waals surface area (Å²) in [6.45, 7) is 6.24. The lowest BCUT2D eigenvalue weighted by atomic mass is 10.2. The smallest absolute Gasteiger partial charge is 0.274 e. The molecule has 0 atom stereocenters. The number of hydrogen-bond acceptors (Lipinski definition) is 3. The van der Waals surface area contributed by atoms with E-state index in [1.807, 2.05) is 6.92 Å². The van der Waals surface area contributed by atoms with Crippen molar-refractivity contribution < 1.29 is 4.79 Å². The van der Waals surface area contributed by atoms with Gasteiger partial charge in [0.15, 0.2) is 0 Å². The van der Waals surface area contributed by atoms with Crippen molar-refractivity contribution in [3.8, 4) is 0 Å². The molecule has 1 rings (SSSR count). The van der Waals surface area contributed by atoms with Crippen LogP contribution in [-0.4, -0.2) is 34.2 Å². The zero-order chi connectivity index (χ0) is 13.0. The van der Waals surface area contributed by atoms with Crippen LogP contribution in [0.25, 0.3) is 0 Å². The number of amides is 1. The van der Waals surface area contributed by atoms with Gasteiger partial charge in [0.2, 0.25) is 0 Å². The maximum absolute atomic E-state index is 12.2. The van der Waals surface area contributed by atoms with Crippen LogP contribution in [0.15, 0.2) is 12.7 Å². The molecule has 0 fully saturated rings. The van der Waals surface area contributed by atoms with Gasteiger partial charge in [0.25, 0.3) is 5.91 Å². The van der Waals surface area contributed by atoms with Gasteiger partial charge in [-0.1, -0.05) is 13.0 Å². The molecule has 2 N–H and O–H groups in total. The minimum atomic E-state index is -0.0981. The van der Waals surface area contributed by atoms with E-state index in [0.717, 1.165) is 18.5 Å². The third-order valence-corrected chi connectivity index (χ3v) is 2.71. The Hall–Kier alpha value is -1.78. The third-order valence-electron chi connectivity index (χ3n) is 2.71. The Morgan fingerprint density at radius 3 is 2.76 bits per heavy atom. The van der Waals surface area contributed by atoms with Gasteiger partial charge in [0, 0.05) is 20.6 Å². The van der Waals surface area contributed by atoms with Crippen LogP contribution in [0, 0.1) is 0 Å². The molecule has 0 bridgehead atoms. The van der Waals surface area contributed by atoms with Gasteiger partial charge in [-0.05, 0) is 12.8 Å². The molecule has 0 aliphatic heterocycles. The monoisotopic (exact) mass is 236 g/mol. The number of aryl methyl sites for hydroxylation is 2. The lowest BCUT2D eigenvalue weighted by Crippen LogP contribution is -2.29. The molecule has 5 heteroatoms. The molecule has 0 aromatic carbocycles. The molecule has 0 saturated carbocycles. The predicted molar refractivity (Wildman–Crippen MR) is 68.8 cm³/mol. The number of nitrogens with two attached hydrogens (primary N) is 1. The summed E-state index contributed by atoms with van der Waals surface area (Å²) in [5.41, 5.74) is 7.66. The van der Waals surface area contributed by atoms with Gasteiger partial charge in [0.1, 0.15) is 5.69 Å². The highest BCUT2D eigenvalue weighted by Gasteiger charge is 2.21. The quantitative estimate of drug-likeness (QED) is 0.782. The van der Waals surface area contributed by atoms with E-state index in [2.05, 4.69) is 11.7 Å². The molecule has 0 spiro atoms. The minimum Gasteiger partial charge on any atom is -0.395 e. The predicted octanol–water partition coefficient (Wildman–Crippen LogP) is 1.21. The summed E-state index contributed by atoms with van der Waals surface area (Å²) in [5.74, 6) is -0.0981. The molecule has 0 unspecified atom stereocenters. The Morgan fingerprint density at radius 1 is 1.65 bits per heavy atom. The van der Waals surface area contributed by atoms with Gasteiger partial charge in [0.05, 0.1) is 11.4 Å². The fraction of sp³-hybridized carbons (Fsp3) is 0.500. The molecule has 0 aliphatic carbocycles. The average Bonchev–Trinajstić information content (AvgIpc) is 2.60. The summed E-state index contributed by atoms with van der Waals surface area (Å²) < 4.78 is 1.56. The largest absolute Gasteiger partial charge is 0.395 e.